The van der Waals surface area contributed by atoms with E-state index in [2.05, 4.69) is 20.5 Å². The number of halogens is 11. The van der Waals surface area contributed by atoms with Gasteiger partial charge in [0.25, 0.3) is 11.8 Å². The van der Waals surface area contributed by atoms with Crippen LogP contribution in [0.25, 0.3) is 5.65 Å². The fourth-order valence-corrected chi connectivity index (χ4v) is 3.84. The third-order valence-electron chi connectivity index (χ3n) is 5.76. The van der Waals surface area contributed by atoms with Crippen molar-refractivity contribution in [3.05, 3.63) is 35.9 Å². The zero-order valence-electron chi connectivity index (χ0n) is 21.0. The molecule has 3 aromatic rings. The van der Waals surface area contributed by atoms with E-state index < -0.39 is 66.3 Å². The lowest BCUT2D eigenvalue weighted by atomic mass is 9.87. The van der Waals surface area contributed by atoms with Gasteiger partial charge in [-0.3, -0.25) is 9.48 Å². The van der Waals surface area contributed by atoms with Crippen LogP contribution in [-0.4, -0.2) is 71.7 Å². The van der Waals surface area contributed by atoms with Crippen molar-refractivity contribution in [2.24, 2.45) is 5.73 Å². The topological polar surface area (TPSA) is 152 Å². The highest BCUT2D eigenvalue weighted by atomic mass is 19.4. The lowest BCUT2D eigenvalue weighted by Crippen LogP contribution is -2.55. The molecule has 1 amide bonds. The molecule has 0 aliphatic heterocycles. The molecule has 3 heterocycles. The number of carboxylic acid groups (broad SMARTS) is 1. The molecule has 0 radical (unpaired) electrons. The largest absolute Gasteiger partial charge is 0.490 e. The lowest BCUT2D eigenvalue weighted by molar-refractivity contribution is -0.192. The summed E-state index contributed by atoms with van der Waals surface area (Å²) in [5.41, 5.74) is 2.46. The molecule has 43 heavy (non-hydrogen) atoms. The molecule has 0 unspecified atom stereocenters. The van der Waals surface area contributed by atoms with Crippen LogP contribution in [0.1, 0.15) is 35.3 Å². The minimum Gasteiger partial charge on any atom is -0.475 e. The van der Waals surface area contributed by atoms with Gasteiger partial charge < -0.3 is 21.5 Å². The van der Waals surface area contributed by atoms with E-state index in [1.807, 2.05) is 5.32 Å². The molecular formula is C21H19F11N8O3. The summed E-state index contributed by atoms with van der Waals surface area (Å²) in [5.74, 6) is -6.95. The van der Waals surface area contributed by atoms with E-state index in [-0.39, 0.29) is 34.6 Å². The summed E-state index contributed by atoms with van der Waals surface area (Å²) >= 11 is 0. The molecule has 4 rings (SSSR count). The van der Waals surface area contributed by atoms with E-state index >= 15 is 0 Å². The maximum absolute atomic E-state index is 13.9. The van der Waals surface area contributed by atoms with Gasteiger partial charge in [-0.1, -0.05) is 0 Å². The molecule has 1 fully saturated rings. The summed E-state index contributed by atoms with van der Waals surface area (Å²) in [6.07, 6.45) is -12.2. The number of nitrogens with one attached hydrogen (secondary N) is 2. The number of fused-ring (bicyclic) bond motifs is 1. The zero-order chi connectivity index (χ0) is 32.5. The first-order valence-electron chi connectivity index (χ1n) is 11.7. The Hall–Kier alpha value is -4.24. The van der Waals surface area contributed by atoms with E-state index in [9.17, 15) is 53.1 Å². The van der Waals surface area contributed by atoms with Crippen LogP contribution >= 0.6 is 0 Å². The van der Waals surface area contributed by atoms with Gasteiger partial charge in [-0.25, -0.2) is 23.1 Å². The van der Waals surface area contributed by atoms with Gasteiger partial charge in [-0.05, 0) is 18.9 Å². The monoisotopic (exact) mass is 640 g/mol. The van der Waals surface area contributed by atoms with Gasteiger partial charge in [0.05, 0.1) is 17.9 Å². The van der Waals surface area contributed by atoms with Gasteiger partial charge in [0.2, 0.25) is 0 Å². The molecule has 1 saturated carbocycles. The van der Waals surface area contributed by atoms with Crippen molar-refractivity contribution in [1.82, 2.24) is 24.4 Å². The van der Waals surface area contributed by atoms with Crippen molar-refractivity contribution in [1.29, 1.82) is 0 Å². The third-order valence-corrected chi connectivity index (χ3v) is 5.76. The Morgan fingerprint density at radius 1 is 1.12 bits per heavy atom. The van der Waals surface area contributed by atoms with Crippen molar-refractivity contribution < 1.29 is 63.0 Å². The number of aromatic nitrogens is 5. The number of alkyl halides is 11. The number of aliphatic carboxylic acids is 1. The lowest BCUT2D eigenvalue weighted by Gasteiger charge is -2.36. The Labute approximate surface area is 231 Å². The van der Waals surface area contributed by atoms with Crippen LogP contribution in [0, 0.1) is 0 Å². The fourth-order valence-electron chi connectivity index (χ4n) is 3.84. The number of hydrogen-bond donors (Lipinski definition) is 4. The van der Waals surface area contributed by atoms with Crippen LogP contribution in [0.4, 0.5) is 59.8 Å². The molecule has 0 spiro atoms. The second kappa shape index (κ2) is 11.8. The Bertz CT molecular complexity index is 1460. The predicted molar refractivity (Wildman–Crippen MR) is 122 cm³/mol. The number of nitrogens with zero attached hydrogens (tertiary/aromatic N) is 5. The number of carbonyl (C=O) groups excluding carboxylic acids is 1. The van der Waals surface area contributed by atoms with Crippen LogP contribution in [0.15, 0.2) is 24.7 Å². The number of anilines is 2. The van der Waals surface area contributed by atoms with Crippen LogP contribution in [0.3, 0.4) is 0 Å². The van der Waals surface area contributed by atoms with Crippen LogP contribution in [0.5, 0.6) is 0 Å². The summed E-state index contributed by atoms with van der Waals surface area (Å²) in [6.45, 7) is -1.80. The summed E-state index contributed by atoms with van der Waals surface area (Å²) in [6, 6.07) is -0.951. The second-order valence-electron chi connectivity index (χ2n) is 9.03. The second-order valence-corrected chi connectivity index (χ2v) is 9.03. The molecule has 0 bridgehead atoms. The molecule has 0 aromatic carbocycles. The molecule has 1 aliphatic rings. The van der Waals surface area contributed by atoms with E-state index in [4.69, 9.17) is 15.6 Å². The Morgan fingerprint density at radius 3 is 2.30 bits per heavy atom. The first-order chi connectivity index (χ1) is 19.6. The van der Waals surface area contributed by atoms with Gasteiger partial charge >= 0.3 is 24.5 Å². The van der Waals surface area contributed by atoms with Gasteiger partial charge in [0, 0.05) is 24.9 Å². The number of amides is 1. The van der Waals surface area contributed by atoms with Crippen molar-refractivity contribution >= 4 is 29.0 Å². The standard InChI is InChI=1S/C19H18F8N8O.C2HF3O2/c20-17(21)4-1-2-10(13(17)28)30-12-3-5-35-15(32-12)9(6-29-35)16(36)31-11-7-34(8-18(22,23)24)33-14(11)19(25,26)27;3-2(4,5)1(6)7/h3,5-7,10,13H,1-2,4,8,28H2,(H,30,32)(H,31,36);(H,6,7)/t10-,13-;/m1./s1. The average Bonchev–Trinajstić information content (AvgIpc) is 3.44. The van der Waals surface area contributed by atoms with E-state index in [1.165, 1.54) is 12.3 Å². The van der Waals surface area contributed by atoms with Gasteiger partial charge in [0.15, 0.2) is 11.3 Å². The van der Waals surface area contributed by atoms with Crippen molar-refractivity contribution in [3.63, 3.8) is 0 Å². The SMILES string of the molecule is N[C@@H]1[C@H](Nc2ccn3ncc(C(=O)Nc4cn(CC(F)(F)F)nc4C(F)(F)F)c3n2)CCCC1(F)F.O=C(O)C(F)(F)F. The molecule has 0 saturated heterocycles. The highest BCUT2D eigenvalue weighted by Crippen LogP contribution is 2.35. The molecule has 22 heteroatoms. The molecule has 238 valence electrons. The predicted octanol–water partition coefficient (Wildman–Crippen LogP) is 4.32. The van der Waals surface area contributed by atoms with Crippen LogP contribution < -0.4 is 16.4 Å². The van der Waals surface area contributed by atoms with Crippen molar-refractivity contribution in [3.8, 4) is 0 Å². The Balaban J connectivity index is 0.000000646. The molecular weight excluding hydrogens is 621 g/mol. The van der Waals surface area contributed by atoms with Crippen molar-refractivity contribution in [2.45, 2.75) is 62.3 Å². The first kappa shape index (κ1) is 33.3. The molecule has 5 N–H and O–H groups in total. The normalized spacial score (nSPS) is 19.0. The van der Waals surface area contributed by atoms with E-state index in [0.717, 1.165) is 10.7 Å². The van der Waals surface area contributed by atoms with Gasteiger partial charge in [0.1, 0.15) is 17.9 Å². The highest BCUT2D eigenvalue weighted by molar-refractivity contribution is 6.08. The molecule has 11 nitrogen and oxygen atoms in total. The third kappa shape index (κ3) is 8.41. The van der Waals surface area contributed by atoms with Gasteiger partial charge in [-0.15, -0.1) is 0 Å². The van der Waals surface area contributed by atoms with E-state index in [1.54, 1.807) is 0 Å². The number of carbonyl (C=O) groups is 2. The average molecular weight is 640 g/mol. The molecule has 3 aromatic heterocycles. The molecule has 2 atom stereocenters. The van der Waals surface area contributed by atoms with Crippen LogP contribution in [-0.2, 0) is 17.5 Å². The summed E-state index contributed by atoms with van der Waals surface area (Å²) in [4.78, 5) is 25.8. The van der Waals surface area contributed by atoms with E-state index in [0.29, 0.717) is 12.6 Å². The van der Waals surface area contributed by atoms with Crippen LogP contribution in [0.2, 0.25) is 0 Å². The number of nitrogens with two attached hydrogens (primary N) is 1. The minimum absolute atomic E-state index is 0.0119. The fraction of sp³-hybridized carbons (Fsp3) is 0.476. The summed E-state index contributed by atoms with van der Waals surface area (Å²) in [5, 5.41) is 18.6. The molecule has 1 aliphatic carbocycles. The highest BCUT2D eigenvalue weighted by Gasteiger charge is 2.45. The maximum Gasteiger partial charge on any atom is 0.490 e. The Morgan fingerprint density at radius 2 is 1.74 bits per heavy atom. The summed E-state index contributed by atoms with van der Waals surface area (Å²) < 4.78 is 138. The zero-order valence-corrected chi connectivity index (χ0v) is 21.0. The Kier molecular flexibility index (Phi) is 9.13. The maximum atomic E-state index is 13.9. The van der Waals surface area contributed by atoms with Crippen molar-refractivity contribution in [2.75, 3.05) is 10.6 Å². The number of rotatable bonds is 5. The smallest absolute Gasteiger partial charge is 0.475 e. The number of carboxylic acids is 1. The summed E-state index contributed by atoms with van der Waals surface area (Å²) in [7, 11) is 0. The minimum atomic E-state index is -5.16. The number of hydrogen-bond acceptors (Lipinski definition) is 7. The quantitative estimate of drug-likeness (QED) is 0.301. The van der Waals surface area contributed by atoms with Gasteiger partial charge in [-0.2, -0.15) is 49.7 Å². The first-order valence-corrected chi connectivity index (χ1v) is 11.7.